The van der Waals surface area contributed by atoms with Crippen LogP contribution in [0.3, 0.4) is 0 Å². The van der Waals surface area contributed by atoms with Gasteiger partial charge in [0.05, 0.1) is 60.8 Å². The number of ether oxygens (including phenoxy) is 2. The molecule has 232 valence electrons. The van der Waals surface area contributed by atoms with Crippen molar-refractivity contribution in [3.05, 3.63) is 41.2 Å². The van der Waals surface area contributed by atoms with E-state index >= 15 is 0 Å². The van der Waals surface area contributed by atoms with Gasteiger partial charge in [0.2, 0.25) is 5.91 Å². The molecule has 0 bridgehead atoms. The lowest BCUT2D eigenvalue weighted by molar-refractivity contribution is -0.127. The number of piperidine rings is 1. The van der Waals surface area contributed by atoms with Crippen molar-refractivity contribution >= 4 is 34.2 Å². The fraction of sp³-hybridized carbons (Fsp3) is 0.594. The molecule has 1 amide bonds. The van der Waals surface area contributed by atoms with Crippen molar-refractivity contribution in [3.63, 3.8) is 0 Å². The number of nitrogens with one attached hydrogen (secondary N) is 1. The molecular formula is C32H44ClN7O3. The third-order valence-electron chi connectivity index (χ3n) is 9.88. The summed E-state index contributed by atoms with van der Waals surface area (Å²) in [5.74, 6) is 0.960. The second kappa shape index (κ2) is 12.2. The first-order valence-corrected chi connectivity index (χ1v) is 15.9. The van der Waals surface area contributed by atoms with E-state index in [1.807, 2.05) is 18.0 Å². The lowest BCUT2D eigenvalue weighted by Gasteiger charge is -2.51. The van der Waals surface area contributed by atoms with Crippen LogP contribution in [0, 0.1) is 13.8 Å². The topological polar surface area (TPSA) is 91.8 Å². The Morgan fingerprint density at radius 1 is 1.14 bits per heavy atom. The number of hydrogen-bond acceptors (Lipinski definition) is 7. The fourth-order valence-electron chi connectivity index (χ4n) is 7.14. The number of aryl methyl sites for hydroxylation is 1. The third kappa shape index (κ3) is 5.47. The van der Waals surface area contributed by atoms with Crippen molar-refractivity contribution in [2.75, 3.05) is 64.1 Å². The van der Waals surface area contributed by atoms with E-state index in [9.17, 15) is 4.79 Å². The zero-order valence-corrected chi connectivity index (χ0v) is 26.6. The molecule has 1 N–H and O–H groups in total. The highest BCUT2D eigenvalue weighted by Gasteiger charge is 2.42. The minimum Gasteiger partial charge on any atom is -0.377 e. The molecule has 1 aromatic carbocycles. The Bertz CT molecular complexity index is 1490. The molecule has 0 unspecified atom stereocenters. The van der Waals surface area contributed by atoms with Crippen LogP contribution in [0.5, 0.6) is 0 Å². The molecule has 43 heavy (non-hydrogen) atoms. The number of carbonyl (C=O) groups is 1. The molecule has 2 aromatic heterocycles. The number of aromatic amines is 1. The van der Waals surface area contributed by atoms with Crippen molar-refractivity contribution in [1.29, 1.82) is 0 Å². The van der Waals surface area contributed by atoms with Gasteiger partial charge in [-0.25, -0.2) is 0 Å². The van der Waals surface area contributed by atoms with Gasteiger partial charge >= 0.3 is 0 Å². The van der Waals surface area contributed by atoms with E-state index in [0.717, 1.165) is 83.0 Å². The van der Waals surface area contributed by atoms with Gasteiger partial charge in [-0.3, -0.25) is 19.5 Å². The predicted octanol–water partition coefficient (Wildman–Crippen LogP) is 4.75. The maximum absolute atomic E-state index is 12.3. The first-order valence-electron chi connectivity index (χ1n) is 15.6. The van der Waals surface area contributed by atoms with E-state index in [1.165, 1.54) is 6.08 Å². The van der Waals surface area contributed by atoms with Gasteiger partial charge in [0.1, 0.15) is 0 Å². The van der Waals surface area contributed by atoms with Crippen molar-refractivity contribution in [3.8, 4) is 11.1 Å². The van der Waals surface area contributed by atoms with Gasteiger partial charge in [0.25, 0.3) is 0 Å². The van der Waals surface area contributed by atoms with E-state index in [1.54, 1.807) is 0 Å². The van der Waals surface area contributed by atoms with Crippen molar-refractivity contribution < 1.29 is 14.3 Å². The largest absolute Gasteiger partial charge is 0.377 e. The van der Waals surface area contributed by atoms with Crippen LogP contribution in [0.2, 0.25) is 5.02 Å². The number of amides is 1. The van der Waals surface area contributed by atoms with Gasteiger partial charge in [-0.1, -0.05) is 25.1 Å². The smallest absolute Gasteiger partial charge is 0.245 e. The molecule has 3 fully saturated rings. The fourth-order valence-corrected chi connectivity index (χ4v) is 7.39. The van der Waals surface area contributed by atoms with Crippen molar-refractivity contribution in [2.45, 2.75) is 64.6 Å². The quantitative estimate of drug-likeness (QED) is 0.403. The maximum atomic E-state index is 12.3. The van der Waals surface area contributed by atoms with Crippen LogP contribution < -0.4 is 4.90 Å². The van der Waals surface area contributed by atoms with Crippen molar-refractivity contribution in [1.82, 2.24) is 29.8 Å². The summed E-state index contributed by atoms with van der Waals surface area (Å²) in [6.07, 6.45) is 5.91. The molecular weight excluding hydrogens is 566 g/mol. The van der Waals surface area contributed by atoms with Gasteiger partial charge in [0.15, 0.2) is 5.82 Å². The molecule has 6 rings (SSSR count). The Kier molecular flexibility index (Phi) is 8.56. The Morgan fingerprint density at radius 2 is 1.86 bits per heavy atom. The number of benzene rings is 1. The number of likely N-dealkylation sites (tertiary alicyclic amines) is 1. The number of aromatic nitrogens is 4. The van der Waals surface area contributed by atoms with Gasteiger partial charge in [0, 0.05) is 54.9 Å². The number of carbonyl (C=O) groups excluding carboxylic acids is 1. The first-order chi connectivity index (χ1) is 20.8. The predicted molar refractivity (Wildman–Crippen MR) is 170 cm³/mol. The average Bonchev–Trinajstić information content (AvgIpc) is 3.50. The molecule has 10 nitrogen and oxygen atoms in total. The second-order valence-corrected chi connectivity index (χ2v) is 12.9. The standard InChI is InChI=1S/C32H44ClN7O3/c1-6-27(41)37-10-8-23(9-11-37)40-22(4)28(29-25-17-34-35-26(25)16-21(3)30(29)33)31(36-40)39-13-12-38(20-32(39,5)7-2)24-18-42-14-15-43-19-24/h6,16-17,23-24H,1,7-15,18-20H2,2-5H3,(H,34,35)/t32-/m0/s1. The molecule has 3 saturated heterocycles. The summed E-state index contributed by atoms with van der Waals surface area (Å²) in [6.45, 7) is 19.2. The molecule has 0 spiro atoms. The number of anilines is 1. The van der Waals surface area contributed by atoms with E-state index in [0.29, 0.717) is 39.5 Å². The van der Waals surface area contributed by atoms with Crippen LogP contribution in [0.15, 0.2) is 24.9 Å². The van der Waals surface area contributed by atoms with Gasteiger partial charge < -0.3 is 19.3 Å². The lowest BCUT2D eigenvalue weighted by atomic mass is 9.90. The van der Waals surface area contributed by atoms with Crippen LogP contribution in [-0.4, -0.2) is 106 Å². The summed E-state index contributed by atoms with van der Waals surface area (Å²) in [5.41, 5.74) is 4.93. The molecule has 5 heterocycles. The molecule has 0 aliphatic carbocycles. The highest BCUT2D eigenvalue weighted by atomic mass is 35.5. The Hall–Kier alpha value is -2.92. The summed E-state index contributed by atoms with van der Waals surface area (Å²) in [4.78, 5) is 19.2. The monoisotopic (exact) mass is 609 g/mol. The zero-order valence-electron chi connectivity index (χ0n) is 25.9. The molecule has 0 radical (unpaired) electrons. The number of halogens is 1. The summed E-state index contributed by atoms with van der Waals surface area (Å²) < 4.78 is 14.0. The van der Waals surface area contributed by atoms with Crippen LogP contribution in [0.25, 0.3) is 22.0 Å². The van der Waals surface area contributed by atoms with E-state index in [4.69, 9.17) is 26.2 Å². The molecule has 0 saturated carbocycles. The van der Waals surface area contributed by atoms with Crippen LogP contribution >= 0.6 is 11.6 Å². The van der Waals surface area contributed by atoms with Crippen LogP contribution in [0.4, 0.5) is 5.82 Å². The molecule has 1 atom stereocenters. The van der Waals surface area contributed by atoms with Crippen LogP contribution in [-0.2, 0) is 14.3 Å². The van der Waals surface area contributed by atoms with E-state index < -0.39 is 0 Å². The minimum atomic E-state index is -0.170. The number of nitrogens with zero attached hydrogens (tertiary/aromatic N) is 6. The number of hydrogen-bond donors (Lipinski definition) is 1. The third-order valence-corrected chi connectivity index (χ3v) is 10.4. The molecule has 11 heteroatoms. The first kappa shape index (κ1) is 30.1. The van der Waals surface area contributed by atoms with Gasteiger partial charge in [-0.15, -0.1) is 0 Å². The summed E-state index contributed by atoms with van der Waals surface area (Å²) in [7, 11) is 0. The Balaban J connectivity index is 1.43. The van der Waals surface area contributed by atoms with E-state index in [2.05, 4.69) is 58.1 Å². The van der Waals surface area contributed by atoms with Crippen molar-refractivity contribution in [2.24, 2.45) is 0 Å². The van der Waals surface area contributed by atoms with Gasteiger partial charge in [-0.05, 0) is 57.7 Å². The number of rotatable bonds is 6. The highest BCUT2D eigenvalue weighted by Crippen LogP contribution is 2.46. The average molecular weight is 610 g/mol. The normalized spacial score (nSPS) is 23.2. The second-order valence-electron chi connectivity index (χ2n) is 12.5. The SMILES string of the molecule is C=CC(=O)N1CCC(n2nc(N3CCN(C4COCCOC4)C[C@]3(C)CC)c(-c3c(Cl)c(C)cc4[nH]ncc34)c2C)CC1. The summed E-state index contributed by atoms with van der Waals surface area (Å²) in [5, 5.41) is 14.7. The number of piperazine rings is 1. The zero-order chi connectivity index (χ0) is 30.3. The van der Waals surface area contributed by atoms with Crippen LogP contribution in [0.1, 0.15) is 50.4 Å². The highest BCUT2D eigenvalue weighted by molar-refractivity contribution is 6.36. The maximum Gasteiger partial charge on any atom is 0.245 e. The Labute approximate surface area is 258 Å². The minimum absolute atomic E-state index is 0.00744. The number of fused-ring (bicyclic) bond motifs is 1. The van der Waals surface area contributed by atoms with Gasteiger partial charge in [-0.2, -0.15) is 10.2 Å². The number of H-pyrrole nitrogens is 1. The summed E-state index contributed by atoms with van der Waals surface area (Å²) >= 11 is 7.17. The Morgan fingerprint density at radius 3 is 2.53 bits per heavy atom. The molecule has 3 aromatic rings. The summed E-state index contributed by atoms with van der Waals surface area (Å²) in [6, 6.07) is 2.49. The molecule has 3 aliphatic rings. The van der Waals surface area contributed by atoms with E-state index in [-0.39, 0.29) is 23.5 Å². The molecule has 3 aliphatic heterocycles. The lowest BCUT2D eigenvalue weighted by Crippen LogP contribution is -2.64.